The highest BCUT2D eigenvalue weighted by atomic mass is 32.2. The molecule has 10 nitrogen and oxygen atoms in total. The zero-order chi connectivity index (χ0) is 27.9. The first-order valence-electron chi connectivity index (χ1n) is 12.2. The summed E-state index contributed by atoms with van der Waals surface area (Å²) >= 11 is -0.595. The molecule has 2 amide bonds. The number of rotatable bonds is 11. The van der Waals surface area contributed by atoms with Crippen molar-refractivity contribution < 1.29 is 23.1 Å². The van der Waals surface area contributed by atoms with Gasteiger partial charge in [-0.3, -0.25) is 14.1 Å². The van der Waals surface area contributed by atoms with Crippen molar-refractivity contribution in [1.82, 2.24) is 20.6 Å². The SMILES string of the molecule is CC(C)C[C@H](NC(=O)OC(C)(C)C)C(=O)N[C@@H](Cc1ccc(NS(=O)O)cc1)c1ncc(-c2cccs2)[nH]1. The van der Waals surface area contributed by atoms with E-state index >= 15 is 0 Å². The Balaban J connectivity index is 1.84. The molecule has 0 aliphatic rings. The van der Waals surface area contributed by atoms with E-state index in [1.54, 1.807) is 50.4 Å². The molecule has 0 fully saturated rings. The molecule has 0 radical (unpaired) electrons. The molecule has 0 saturated heterocycles. The zero-order valence-corrected chi connectivity index (χ0v) is 23.7. The van der Waals surface area contributed by atoms with Crippen LogP contribution in [-0.4, -0.2) is 42.4 Å². The third kappa shape index (κ3) is 9.26. The van der Waals surface area contributed by atoms with E-state index < -0.39 is 35.0 Å². The molecule has 3 aromatic rings. The van der Waals surface area contributed by atoms with Crippen molar-refractivity contribution in [2.45, 2.75) is 65.1 Å². The Labute approximate surface area is 229 Å². The number of alkyl carbamates (subject to hydrolysis) is 1. The average Bonchev–Trinajstić information content (AvgIpc) is 3.49. The minimum atomic E-state index is -2.17. The van der Waals surface area contributed by atoms with Crippen molar-refractivity contribution in [3.05, 3.63) is 59.4 Å². The topological polar surface area (TPSA) is 145 Å². The Bertz CT molecular complexity index is 1220. The maximum atomic E-state index is 13.5. The summed E-state index contributed by atoms with van der Waals surface area (Å²) in [6, 6.07) is 9.59. The van der Waals surface area contributed by atoms with E-state index in [0.29, 0.717) is 24.4 Å². The fourth-order valence-corrected chi connectivity index (χ4v) is 4.79. The number of amides is 2. The van der Waals surface area contributed by atoms with Crippen LogP contribution in [0.3, 0.4) is 0 Å². The minimum absolute atomic E-state index is 0.144. The van der Waals surface area contributed by atoms with Crippen molar-refractivity contribution in [2.75, 3.05) is 4.72 Å². The predicted molar refractivity (Wildman–Crippen MR) is 150 cm³/mol. The van der Waals surface area contributed by atoms with E-state index in [1.807, 2.05) is 43.5 Å². The first-order chi connectivity index (χ1) is 17.9. The first-order valence-corrected chi connectivity index (χ1v) is 14.2. The van der Waals surface area contributed by atoms with Crippen LogP contribution in [0.5, 0.6) is 0 Å². The number of imidazole rings is 1. The monoisotopic (exact) mass is 561 g/mol. The number of benzene rings is 1. The average molecular weight is 562 g/mol. The number of carbonyl (C=O) groups excluding carboxylic acids is 2. The molecule has 0 saturated carbocycles. The highest BCUT2D eigenvalue weighted by Crippen LogP contribution is 2.26. The Morgan fingerprint density at radius 1 is 1.16 bits per heavy atom. The fraction of sp³-hybridized carbons (Fsp3) is 0.423. The van der Waals surface area contributed by atoms with Gasteiger partial charge in [0.25, 0.3) is 11.3 Å². The number of carbonyl (C=O) groups is 2. The van der Waals surface area contributed by atoms with Gasteiger partial charge in [-0.2, -0.15) is 0 Å². The van der Waals surface area contributed by atoms with E-state index in [9.17, 15) is 13.8 Å². The molecule has 2 aromatic heterocycles. The predicted octanol–water partition coefficient (Wildman–Crippen LogP) is 5.03. The maximum absolute atomic E-state index is 13.5. The van der Waals surface area contributed by atoms with Gasteiger partial charge in [0.2, 0.25) is 5.91 Å². The second kappa shape index (κ2) is 13.0. The number of hydrogen-bond acceptors (Lipinski definition) is 6. The van der Waals surface area contributed by atoms with Gasteiger partial charge in [-0.15, -0.1) is 11.3 Å². The zero-order valence-electron chi connectivity index (χ0n) is 22.1. The summed E-state index contributed by atoms with van der Waals surface area (Å²) in [6.45, 7) is 9.25. The summed E-state index contributed by atoms with van der Waals surface area (Å²) in [5, 5.41) is 7.75. The number of nitrogens with zero attached hydrogens (tertiary/aromatic N) is 1. The number of anilines is 1. The van der Waals surface area contributed by atoms with Crippen LogP contribution in [0.2, 0.25) is 0 Å². The lowest BCUT2D eigenvalue weighted by atomic mass is 10.0. The molecule has 0 spiro atoms. The van der Waals surface area contributed by atoms with E-state index in [-0.39, 0.29) is 11.8 Å². The second-order valence-corrected chi connectivity index (χ2v) is 12.0. The minimum Gasteiger partial charge on any atom is -0.444 e. The van der Waals surface area contributed by atoms with Gasteiger partial charge in [-0.25, -0.2) is 14.0 Å². The number of hydrogen-bond donors (Lipinski definition) is 5. The van der Waals surface area contributed by atoms with Crippen molar-refractivity contribution in [3.63, 3.8) is 0 Å². The lowest BCUT2D eigenvalue weighted by Crippen LogP contribution is -2.49. The van der Waals surface area contributed by atoms with Crippen LogP contribution in [0.1, 0.15) is 58.5 Å². The highest BCUT2D eigenvalue weighted by Gasteiger charge is 2.28. The Morgan fingerprint density at radius 2 is 1.87 bits per heavy atom. The Hall–Kier alpha value is -3.22. The van der Waals surface area contributed by atoms with Crippen LogP contribution in [0, 0.1) is 5.92 Å². The van der Waals surface area contributed by atoms with Gasteiger partial charge in [0.05, 0.1) is 22.8 Å². The molecule has 206 valence electrons. The molecule has 0 aliphatic carbocycles. The normalized spacial score (nSPS) is 14.0. The number of H-pyrrole nitrogens is 1. The highest BCUT2D eigenvalue weighted by molar-refractivity contribution is 7.80. The number of thiophene rings is 1. The van der Waals surface area contributed by atoms with Gasteiger partial charge >= 0.3 is 6.09 Å². The molecule has 0 aliphatic heterocycles. The van der Waals surface area contributed by atoms with Crippen LogP contribution in [-0.2, 0) is 27.2 Å². The van der Waals surface area contributed by atoms with Crippen LogP contribution >= 0.6 is 11.3 Å². The molecule has 5 N–H and O–H groups in total. The van der Waals surface area contributed by atoms with E-state index in [0.717, 1.165) is 16.1 Å². The molecule has 38 heavy (non-hydrogen) atoms. The Kier molecular flexibility index (Phi) is 10.1. The van der Waals surface area contributed by atoms with Gasteiger partial charge < -0.3 is 20.4 Å². The van der Waals surface area contributed by atoms with Gasteiger partial charge in [-0.05, 0) is 68.7 Å². The van der Waals surface area contributed by atoms with Crippen molar-refractivity contribution in [1.29, 1.82) is 0 Å². The van der Waals surface area contributed by atoms with Crippen LogP contribution in [0.4, 0.5) is 10.5 Å². The molecule has 0 bridgehead atoms. The first kappa shape index (κ1) is 29.3. The third-order valence-electron chi connectivity index (χ3n) is 5.34. The summed E-state index contributed by atoms with van der Waals surface area (Å²) in [5.41, 5.74) is 1.51. The van der Waals surface area contributed by atoms with Crippen molar-refractivity contribution in [2.24, 2.45) is 5.92 Å². The van der Waals surface area contributed by atoms with Gasteiger partial charge in [0, 0.05) is 5.69 Å². The summed E-state index contributed by atoms with van der Waals surface area (Å²) in [4.78, 5) is 34.8. The van der Waals surface area contributed by atoms with E-state index in [2.05, 4.69) is 25.3 Å². The maximum Gasteiger partial charge on any atom is 0.408 e. The lowest BCUT2D eigenvalue weighted by Gasteiger charge is -2.26. The van der Waals surface area contributed by atoms with Crippen LogP contribution in [0.15, 0.2) is 48.0 Å². The number of nitrogens with one attached hydrogen (secondary N) is 4. The van der Waals surface area contributed by atoms with Crippen LogP contribution in [0.25, 0.3) is 10.6 Å². The largest absolute Gasteiger partial charge is 0.444 e. The molecule has 3 rings (SSSR count). The smallest absolute Gasteiger partial charge is 0.408 e. The molecule has 1 unspecified atom stereocenters. The second-order valence-electron chi connectivity index (χ2n) is 10.3. The standard InChI is InChI=1S/C26H35N5O5S2/c1-16(2)13-20(30-25(33)36-26(3,4)5)24(32)29-19(14-17-8-10-18(11-9-17)31-38(34)35)23-27-15-21(28-23)22-7-6-12-37-22/h6-12,15-16,19-20,31H,13-14H2,1-5H3,(H,27,28)(H,29,32)(H,30,33)(H,34,35)/t19-,20-/m0/s1. The van der Waals surface area contributed by atoms with E-state index in [1.165, 1.54) is 0 Å². The van der Waals surface area contributed by atoms with Crippen LogP contribution < -0.4 is 15.4 Å². The van der Waals surface area contributed by atoms with E-state index in [4.69, 9.17) is 9.29 Å². The third-order valence-corrected chi connectivity index (χ3v) is 6.66. The van der Waals surface area contributed by atoms with Gasteiger partial charge in [0.15, 0.2) is 0 Å². The summed E-state index contributed by atoms with van der Waals surface area (Å²) in [6.07, 6.45) is 1.90. The Morgan fingerprint density at radius 3 is 2.45 bits per heavy atom. The molecule has 12 heteroatoms. The van der Waals surface area contributed by atoms with Gasteiger partial charge in [0.1, 0.15) is 17.5 Å². The summed E-state index contributed by atoms with van der Waals surface area (Å²) in [7, 11) is 0. The molecular formula is C26H35N5O5S2. The quantitative estimate of drug-likeness (QED) is 0.208. The van der Waals surface area contributed by atoms with Crippen molar-refractivity contribution >= 4 is 40.3 Å². The molecule has 3 atom stereocenters. The summed E-state index contributed by atoms with van der Waals surface area (Å²) < 4.78 is 27.9. The molecule has 1 aromatic carbocycles. The molecular weight excluding hydrogens is 526 g/mol. The number of aromatic nitrogens is 2. The number of ether oxygens (including phenoxy) is 1. The number of aromatic amines is 1. The summed E-state index contributed by atoms with van der Waals surface area (Å²) in [5.74, 6) is 0.365. The lowest BCUT2D eigenvalue weighted by molar-refractivity contribution is -0.124. The van der Waals surface area contributed by atoms with Gasteiger partial charge in [-0.1, -0.05) is 32.0 Å². The van der Waals surface area contributed by atoms with Crippen molar-refractivity contribution in [3.8, 4) is 10.6 Å². The fourth-order valence-electron chi connectivity index (χ4n) is 3.76. The molecule has 2 heterocycles.